The Morgan fingerprint density at radius 2 is 1.03 bits per heavy atom. The van der Waals surface area contributed by atoms with E-state index in [2.05, 4.69) is 305 Å². The van der Waals surface area contributed by atoms with Crippen LogP contribution in [0.1, 0.15) is 181 Å². The van der Waals surface area contributed by atoms with E-state index in [-0.39, 0.29) is 26.5 Å². The second kappa shape index (κ2) is 30.7. The van der Waals surface area contributed by atoms with Crippen LogP contribution in [0.3, 0.4) is 0 Å². The van der Waals surface area contributed by atoms with Gasteiger partial charge in [0.15, 0.2) is 8.32 Å². The Labute approximate surface area is 569 Å². The lowest BCUT2D eigenvalue weighted by Gasteiger charge is -2.52. The first-order valence-electron chi connectivity index (χ1n) is 36.0. The molecule has 6 aromatic carbocycles. The third kappa shape index (κ3) is 16.4. The summed E-state index contributed by atoms with van der Waals surface area (Å²) in [4.78, 5) is 0. The fourth-order valence-corrected chi connectivity index (χ4v) is 32.1. The van der Waals surface area contributed by atoms with Gasteiger partial charge in [-0.2, -0.15) is 0 Å². The zero-order chi connectivity index (χ0) is 66.9. The molecule has 9 heteroatoms. The summed E-state index contributed by atoms with van der Waals surface area (Å²) in [6, 6.07) is 70.1. The predicted molar refractivity (Wildman–Crippen MR) is 406 cm³/mol. The maximum absolute atomic E-state index is 8.68. The van der Waals surface area contributed by atoms with Crippen LogP contribution in [0.5, 0.6) is 0 Å². The zero-order valence-corrected chi connectivity index (χ0v) is 64.4. The lowest BCUT2D eigenvalue weighted by Crippen LogP contribution is -2.71. The largest absolute Gasteiger partial charge is 0.412 e. The van der Waals surface area contributed by atoms with Gasteiger partial charge in [-0.3, -0.25) is 0 Å². The number of ether oxygens (including phenoxy) is 1. The highest BCUT2D eigenvalue weighted by molar-refractivity contribution is 7.00. The van der Waals surface area contributed by atoms with E-state index in [9.17, 15) is 0 Å². The van der Waals surface area contributed by atoms with E-state index in [0.29, 0.717) is 30.6 Å². The first kappa shape index (κ1) is 72.5. The van der Waals surface area contributed by atoms with Crippen LogP contribution < -0.4 is 31.1 Å². The standard InChI is InChI=1S/C84H118O5Si4/c1-18-91(19-2,20-3)89-83(15,16)60-39-41-64(4)74-57-58-75-66(42-40-61-84(74,75)17)55-56-67-63-76(87-92(81(9,10)11,70-47-31-23-32-48-70)71-49-33-24-34-50-71)79(78(65(67)5)88-93(82(12,13)14,72-51-35-25-36-52-72)73-53-37-26-38-54-73)85-77(59-62-80(6,7)8)86-90(68-43-27-21-28-44-68)69-45-29-22-30-46-69/h21-38,43-56,64,74-79,90H,5,18-20,39-42,57-63H2,1-4,6-17H3/b66-55+,67-56-/t64-,74-,75+,76?,77?,78?,79?,84-/m1/s1. The summed E-state index contributed by atoms with van der Waals surface area (Å²) in [7, 11) is -10.7. The summed E-state index contributed by atoms with van der Waals surface area (Å²) in [6.07, 6.45) is 14.6. The summed E-state index contributed by atoms with van der Waals surface area (Å²) < 4.78 is 40.6. The number of fused-ring (bicyclic) bond motifs is 1. The molecule has 93 heavy (non-hydrogen) atoms. The first-order valence-corrected chi connectivity index (χ1v) is 44.0. The molecule has 0 spiro atoms. The number of allylic oxidation sites excluding steroid dienone is 3. The Hall–Kier alpha value is -4.79. The van der Waals surface area contributed by atoms with Crippen molar-refractivity contribution in [2.45, 2.75) is 240 Å². The molecule has 5 nitrogen and oxygen atoms in total. The Kier molecular flexibility index (Phi) is 24.0. The van der Waals surface area contributed by atoms with Gasteiger partial charge in [0.25, 0.3) is 16.6 Å². The van der Waals surface area contributed by atoms with Crippen molar-refractivity contribution in [2.24, 2.45) is 28.6 Å². The molecule has 0 bridgehead atoms. The van der Waals surface area contributed by atoms with Crippen LogP contribution >= 0.6 is 0 Å². The Morgan fingerprint density at radius 3 is 1.47 bits per heavy atom. The molecule has 500 valence electrons. The van der Waals surface area contributed by atoms with Crippen molar-refractivity contribution >= 4 is 65.1 Å². The molecule has 3 aliphatic rings. The highest BCUT2D eigenvalue weighted by atomic mass is 28.4. The lowest BCUT2D eigenvalue weighted by atomic mass is 9.60. The van der Waals surface area contributed by atoms with Gasteiger partial charge >= 0.3 is 0 Å². The molecular formula is C84H118O5Si4. The molecule has 0 aromatic heterocycles. The molecule has 8 atom stereocenters. The third-order valence-electron chi connectivity index (χ3n) is 22.3. The molecule has 0 amide bonds. The van der Waals surface area contributed by atoms with Gasteiger partial charge in [-0.15, -0.1) is 0 Å². The molecule has 9 rings (SSSR count). The molecule has 6 aromatic rings. The molecule has 0 radical (unpaired) electrons. The van der Waals surface area contributed by atoms with E-state index in [4.69, 9.17) is 29.0 Å². The summed E-state index contributed by atoms with van der Waals surface area (Å²) in [6.45, 7) is 43.8. The van der Waals surface area contributed by atoms with E-state index < -0.39 is 58.6 Å². The van der Waals surface area contributed by atoms with Crippen molar-refractivity contribution in [1.82, 2.24) is 0 Å². The summed E-state index contributed by atoms with van der Waals surface area (Å²) >= 11 is 0. The third-order valence-corrected chi connectivity index (χ3v) is 39.8. The van der Waals surface area contributed by atoms with Gasteiger partial charge in [0.1, 0.15) is 12.4 Å². The second-order valence-corrected chi connectivity index (χ2v) is 47.8. The average Bonchev–Trinajstić information content (AvgIpc) is 1.29. The zero-order valence-electron chi connectivity index (χ0n) is 60.2. The van der Waals surface area contributed by atoms with Gasteiger partial charge in [0.05, 0.1) is 17.8 Å². The van der Waals surface area contributed by atoms with Gasteiger partial charge in [-0.05, 0) is 164 Å². The molecule has 0 aliphatic heterocycles. The highest BCUT2D eigenvalue weighted by Crippen LogP contribution is 2.60. The van der Waals surface area contributed by atoms with Crippen molar-refractivity contribution in [3.63, 3.8) is 0 Å². The summed E-state index contributed by atoms with van der Waals surface area (Å²) in [5, 5.41) is 6.67. The van der Waals surface area contributed by atoms with Crippen LogP contribution in [0.2, 0.25) is 28.2 Å². The number of hydrogen-bond donors (Lipinski definition) is 0. The molecule has 4 unspecified atom stereocenters. The van der Waals surface area contributed by atoms with E-state index in [1.54, 1.807) is 5.57 Å². The monoisotopic (exact) mass is 1320 g/mol. The maximum Gasteiger partial charge on any atom is 0.262 e. The average molecular weight is 1320 g/mol. The molecule has 0 N–H and O–H groups in total. The van der Waals surface area contributed by atoms with Crippen molar-refractivity contribution in [2.75, 3.05) is 0 Å². The van der Waals surface area contributed by atoms with Crippen molar-refractivity contribution < 1.29 is 22.4 Å². The van der Waals surface area contributed by atoms with Crippen LogP contribution in [-0.2, 0) is 22.4 Å². The van der Waals surface area contributed by atoms with Crippen LogP contribution in [-0.4, -0.2) is 64.2 Å². The minimum absolute atomic E-state index is 0.00190. The summed E-state index contributed by atoms with van der Waals surface area (Å²) in [5.74, 6) is 1.88. The fraction of sp³-hybridized carbons (Fsp3) is 0.500. The van der Waals surface area contributed by atoms with Gasteiger partial charge in [-0.25, -0.2) is 0 Å². The molecule has 3 aliphatic carbocycles. The van der Waals surface area contributed by atoms with E-state index in [1.165, 1.54) is 93.4 Å². The predicted octanol–water partition coefficient (Wildman–Crippen LogP) is 18.6. The SMILES string of the molecule is C=C1/C(=C\C=C2/CCC[C@]3(C)[C@@H]([C@H](C)CCCC(C)(C)O[Si](CC)(CC)CC)CC[C@@H]23)CC(O[Si](c2ccccc2)(c2ccccc2)C(C)(C)C)C(OC(CCC(C)(C)C)O[SiH](c2ccccc2)c2ccccc2)C1O[Si](c1ccccc1)(c1ccccc1)C(C)(C)C. The lowest BCUT2D eigenvalue weighted by molar-refractivity contribution is -0.180. The normalized spacial score (nSPS) is 22.7. The molecule has 0 saturated heterocycles. The molecule has 0 heterocycles. The van der Waals surface area contributed by atoms with Gasteiger partial charge in [0, 0.05) is 6.42 Å². The summed E-state index contributed by atoms with van der Waals surface area (Å²) in [5.41, 5.74) is 3.93. The van der Waals surface area contributed by atoms with Crippen molar-refractivity contribution in [3.05, 3.63) is 217 Å². The smallest absolute Gasteiger partial charge is 0.262 e. The Morgan fingerprint density at radius 1 is 0.581 bits per heavy atom. The second-order valence-electron chi connectivity index (χ2n) is 32.2. The van der Waals surface area contributed by atoms with Crippen LogP contribution in [0.4, 0.5) is 0 Å². The van der Waals surface area contributed by atoms with E-state index in [0.717, 1.165) is 24.8 Å². The topological polar surface area (TPSA) is 46.2 Å². The number of rotatable bonds is 27. The van der Waals surface area contributed by atoms with Crippen LogP contribution in [0.25, 0.3) is 0 Å². The molecule has 3 fully saturated rings. The maximum atomic E-state index is 8.68. The Bertz CT molecular complexity index is 3220. The number of hydrogen-bond acceptors (Lipinski definition) is 5. The Balaban J connectivity index is 1.21. The van der Waals surface area contributed by atoms with Crippen LogP contribution in [0, 0.1) is 28.6 Å². The van der Waals surface area contributed by atoms with Gasteiger partial charge in [0.2, 0.25) is 9.04 Å². The minimum Gasteiger partial charge on any atom is -0.412 e. The first-order chi connectivity index (χ1) is 44.2. The van der Waals surface area contributed by atoms with Gasteiger partial charge in [-0.1, -0.05) is 316 Å². The minimum atomic E-state index is -3.34. The number of benzene rings is 6. The van der Waals surface area contributed by atoms with Gasteiger partial charge < -0.3 is 22.4 Å². The molecular weight excluding hydrogens is 1200 g/mol. The fourth-order valence-electron chi connectivity index (χ4n) is 17.1. The molecule has 3 saturated carbocycles. The van der Waals surface area contributed by atoms with Crippen LogP contribution in [0.15, 0.2) is 217 Å². The van der Waals surface area contributed by atoms with E-state index in [1.807, 2.05) is 0 Å². The van der Waals surface area contributed by atoms with E-state index >= 15 is 0 Å². The quantitative estimate of drug-likeness (QED) is 0.0380. The van der Waals surface area contributed by atoms with Crippen molar-refractivity contribution in [3.8, 4) is 0 Å². The van der Waals surface area contributed by atoms with Crippen molar-refractivity contribution in [1.29, 1.82) is 0 Å². The highest BCUT2D eigenvalue weighted by Gasteiger charge is 2.58.